The summed E-state index contributed by atoms with van der Waals surface area (Å²) < 4.78 is 46.4. The molecule has 3 aromatic rings. The van der Waals surface area contributed by atoms with Crippen LogP contribution in [0.25, 0.3) is 5.57 Å². The molecule has 2 bridgehead atoms. The van der Waals surface area contributed by atoms with Crippen LogP contribution in [0, 0.1) is 17.5 Å². The lowest BCUT2D eigenvalue weighted by atomic mass is 9.82. The van der Waals surface area contributed by atoms with E-state index in [2.05, 4.69) is 5.32 Å². The molecular formula is C34H33ClF3N3O3. The van der Waals surface area contributed by atoms with Gasteiger partial charge in [0.2, 0.25) is 12.2 Å². The third-order valence-corrected chi connectivity index (χ3v) is 8.89. The highest BCUT2D eigenvalue weighted by molar-refractivity contribution is 6.31. The minimum atomic E-state index is -1.33. The molecule has 2 heterocycles. The number of hydrogen-bond acceptors (Lipinski definition) is 4. The predicted octanol–water partition coefficient (Wildman–Crippen LogP) is 5.92. The number of carbonyl (C=O) groups is 2. The van der Waals surface area contributed by atoms with Gasteiger partial charge in [0.1, 0.15) is 0 Å². The van der Waals surface area contributed by atoms with Crippen LogP contribution in [-0.2, 0) is 22.6 Å². The van der Waals surface area contributed by atoms with Crippen LogP contribution in [0.15, 0.2) is 66.2 Å². The van der Waals surface area contributed by atoms with E-state index in [0.717, 1.165) is 53.6 Å². The normalized spacial score (nSPS) is 19.6. The number of nitrogens with zero attached hydrogens (tertiary/aromatic N) is 2. The average molecular weight is 624 g/mol. The van der Waals surface area contributed by atoms with Gasteiger partial charge < -0.3 is 19.9 Å². The second-order valence-corrected chi connectivity index (χ2v) is 12.1. The first-order valence-electron chi connectivity index (χ1n) is 14.9. The number of benzene rings is 3. The van der Waals surface area contributed by atoms with E-state index in [4.69, 9.17) is 16.3 Å². The van der Waals surface area contributed by atoms with Crippen LogP contribution in [0.1, 0.15) is 42.4 Å². The number of nitrogens with one attached hydrogen (secondary N) is 1. The van der Waals surface area contributed by atoms with Gasteiger partial charge in [0.15, 0.2) is 17.4 Å². The number of aryl methyl sites for hydroxylation is 1. The number of halogens is 4. The summed E-state index contributed by atoms with van der Waals surface area (Å²) in [7, 11) is 0. The van der Waals surface area contributed by atoms with Gasteiger partial charge in [0, 0.05) is 42.3 Å². The van der Waals surface area contributed by atoms with Crippen molar-refractivity contribution in [2.75, 3.05) is 19.7 Å². The number of piperazine rings is 1. The number of fused-ring (bicyclic) bond motifs is 2. The van der Waals surface area contributed by atoms with E-state index in [0.29, 0.717) is 49.5 Å². The molecule has 2 fully saturated rings. The molecule has 0 radical (unpaired) electrons. The smallest absolute Gasteiger partial charge is 0.252 e. The van der Waals surface area contributed by atoms with Crippen molar-refractivity contribution in [2.24, 2.45) is 0 Å². The predicted molar refractivity (Wildman–Crippen MR) is 161 cm³/mol. The van der Waals surface area contributed by atoms with Crippen LogP contribution in [0.4, 0.5) is 13.2 Å². The van der Waals surface area contributed by atoms with Crippen LogP contribution in [0.5, 0.6) is 5.75 Å². The largest absolute Gasteiger partial charge is 0.488 e. The molecule has 6 rings (SSSR count). The van der Waals surface area contributed by atoms with Gasteiger partial charge in [-0.25, -0.2) is 8.78 Å². The maximum absolute atomic E-state index is 14.4. The van der Waals surface area contributed by atoms with Crippen LogP contribution in [0.2, 0.25) is 5.02 Å². The third-order valence-electron chi connectivity index (χ3n) is 8.52. The van der Waals surface area contributed by atoms with Gasteiger partial charge >= 0.3 is 0 Å². The van der Waals surface area contributed by atoms with Crippen molar-refractivity contribution in [2.45, 2.75) is 56.8 Å². The zero-order chi connectivity index (χ0) is 30.8. The zero-order valence-corrected chi connectivity index (χ0v) is 24.8. The van der Waals surface area contributed by atoms with Crippen LogP contribution >= 0.6 is 11.6 Å². The van der Waals surface area contributed by atoms with Crippen LogP contribution < -0.4 is 10.1 Å². The third kappa shape index (κ3) is 6.49. The lowest BCUT2D eigenvalue weighted by Gasteiger charge is -2.44. The number of amides is 2. The molecule has 10 heteroatoms. The van der Waals surface area contributed by atoms with Gasteiger partial charge in [0.25, 0.3) is 5.91 Å². The molecule has 0 unspecified atom stereocenters. The van der Waals surface area contributed by atoms with Gasteiger partial charge in [-0.2, -0.15) is 4.39 Å². The number of rotatable bonds is 11. The highest BCUT2D eigenvalue weighted by atomic mass is 35.5. The first kappa shape index (κ1) is 30.2. The average Bonchev–Trinajstić information content (AvgIpc) is 3.87. The van der Waals surface area contributed by atoms with E-state index in [1.165, 1.54) is 0 Å². The molecule has 2 amide bonds. The van der Waals surface area contributed by atoms with Crippen LogP contribution in [0.3, 0.4) is 0 Å². The molecular weight excluding hydrogens is 591 g/mol. The van der Waals surface area contributed by atoms with Crippen molar-refractivity contribution in [3.8, 4) is 5.75 Å². The Bertz CT molecular complexity index is 1580. The molecule has 230 valence electrons. The Hall–Kier alpha value is -3.82. The molecule has 1 saturated heterocycles. The molecule has 1 aliphatic carbocycles. The fourth-order valence-corrected chi connectivity index (χ4v) is 6.36. The molecule has 1 N–H and O–H groups in total. The first-order valence-corrected chi connectivity index (χ1v) is 15.3. The first-order chi connectivity index (χ1) is 21.3. The lowest BCUT2D eigenvalue weighted by Crippen LogP contribution is -2.60. The van der Waals surface area contributed by atoms with E-state index in [1.807, 2.05) is 53.4 Å². The van der Waals surface area contributed by atoms with Gasteiger partial charge in [-0.05, 0) is 72.6 Å². The quantitative estimate of drug-likeness (QED) is 0.164. The summed E-state index contributed by atoms with van der Waals surface area (Å²) in [5.41, 5.74) is 4.50. The Balaban J connectivity index is 1.22. The highest BCUT2D eigenvalue weighted by Crippen LogP contribution is 2.37. The summed E-state index contributed by atoms with van der Waals surface area (Å²) in [4.78, 5) is 29.8. The van der Waals surface area contributed by atoms with Gasteiger partial charge in [-0.1, -0.05) is 54.1 Å². The topological polar surface area (TPSA) is 61.9 Å². The van der Waals surface area contributed by atoms with Gasteiger partial charge in [-0.15, -0.1) is 0 Å². The Morgan fingerprint density at radius 3 is 2.50 bits per heavy atom. The van der Waals surface area contributed by atoms with Gasteiger partial charge in [0.05, 0.1) is 12.6 Å². The Morgan fingerprint density at radius 2 is 1.77 bits per heavy atom. The summed E-state index contributed by atoms with van der Waals surface area (Å²) in [6.07, 6.45) is 4.39. The van der Waals surface area contributed by atoms with E-state index in [-0.39, 0.29) is 30.6 Å². The summed E-state index contributed by atoms with van der Waals surface area (Å²) >= 11 is 6.48. The zero-order valence-electron chi connectivity index (χ0n) is 24.1. The molecule has 0 spiro atoms. The monoisotopic (exact) mass is 623 g/mol. The summed E-state index contributed by atoms with van der Waals surface area (Å²) in [6, 6.07) is 17.0. The SMILES string of the molecule is O=CN1C[C@H]2CC(c3ccc(CCCOc4c(F)ccc(F)c4F)cc3)=C(C(=O)N(Cc3ccccc3Cl)C3CC3)[C@@H](C1)N2. The van der Waals surface area contributed by atoms with Crippen molar-refractivity contribution < 1.29 is 27.5 Å². The second kappa shape index (κ2) is 13.0. The molecule has 2 aliphatic heterocycles. The molecule has 2 atom stereocenters. The fourth-order valence-electron chi connectivity index (χ4n) is 6.17. The number of ether oxygens (including phenoxy) is 1. The summed E-state index contributed by atoms with van der Waals surface area (Å²) in [6.45, 7) is 1.42. The molecule has 1 saturated carbocycles. The van der Waals surface area contributed by atoms with Crippen molar-refractivity contribution in [3.05, 3.63) is 105 Å². The van der Waals surface area contributed by atoms with E-state index < -0.39 is 23.2 Å². The van der Waals surface area contributed by atoms with Crippen molar-refractivity contribution in [3.63, 3.8) is 0 Å². The fraction of sp³-hybridized carbons (Fsp3) is 0.353. The summed E-state index contributed by atoms with van der Waals surface area (Å²) in [5, 5.41) is 4.21. The van der Waals surface area contributed by atoms with Crippen molar-refractivity contribution in [1.29, 1.82) is 0 Å². The van der Waals surface area contributed by atoms with Crippen molar-refractivity contribution in [1.82, 2.24) is 15.1 Å². The molecule has 3 aromatic carbocycles. The number of hydrogen-bond donors (Lipinski definition) is 1. The lowest BCUT2D eigenvalue weighted by molar-refractivity contribution is -0.129. The standard InChI is InChI=1S/C34H33ClF3N3O3/c35-27-6-2-1-5-23(27)17-41(25-11-12-25)34(43)31-26(16-24-18-40(20-42)19-30(31)39-24)22-9-7-21(8-10-22)4-3-15-44-33-29(37)14-13-28(36)32(33)38/h1-2,5-10,13-14,20,24-25,30,39H,3-4,11-12,15-19H2/t24-,30-/m1/s1. The van der Waals surface area contributed by atoms with E-state index in [1.54, 1.807) is 4.90 Å². The maximum Gasteiger partial charge on any atom is 0.252 e. The molecule has 44 heavy (non-hydrogen) atoms. The minimum Gasteiger partial charge on any atom is -0.488 e. The molecule has 0 aromatic heterocycles. The molecule has 3 aliphatic rings. The Labute approximate surface area is 259 Å². The highest BCUT2D eigenvalue weighted by Gasteiger charge is 2.42. The van der Waals surface area contributed by atoms with E-state index >= 15 is 0 Å². The van der Waals surface area contributed by atoms with E-state index in [9.17, 15) is 22.8 Å². The summed E-state index contributed by atoms with van der Waals surface area (Å²) in [5.74, 6) is -4.17. The van der Waals surface area contributed by atoms with Crippen molar-refractivity contribution >= 4 is 29.5 Å². The maximum atomic E-state index is 14.4. The van der Waals surface area contributed by atoms with Gasteiger partial charge in [-0.3, -0.25) is 9.59 Å². The minimum absolute atomic E-state index is 0.0214. The Kier molecular flexibility index (Phi) is 8.96. The molecule has 6 nitrogen and oxygen atoms in total. The number of carbonyl (C=O) groups excluding carboxylic acids is 2. The Morgan fingerprint density at radius 1 is 1.02 bits per heavy atom. The van der Waals surface area contributed by atoms with Crippen LogP contribution in [-0.4, -0.2) is 59.9 Å². The second-order valence-electron chi connectivity index (χ2n) is 11.6.